The van der Waals surface area contributed by atoms with Crippen molar-refractivity contribution in [1.29, 1.82) is 0 Å². The molecule has 0 spiro atoms. The summed E-state index contributed by atoms with van der Waals surface area (Å²) >= 11 is 0. The van der Waals surface area contributed by atoms with Gasteiger partial charge in [-0.05, 0) is 35.9 Å². The van der Waals surface area contributed by atoms with E-state index in [0.29, 0.717) is 45.6 Å². The molecule has 0 bridgehead atoms. The third-order valence-corrected chi connectivity index (χ3v) is 4.75. The standard InChI is InChI=1S/C23H16O6/c1-27-15-5-8-18-21(11-15)29-20-10-14(25)4-7-17(20)22(18)16-6-3-13(12-24)9-19(16)23(26)28-2/h3-12H,1-2H3. The number of carbonyl (C=O) groups is 2. The van der Waals surface area contributed by atoms with Gasteiger partial charge >= 0.3 is 5.97 Å². The Bertz CT molecular complexity index is 1280. The van der Waals surface area contributed by atoms with Gasteiger partial charge in [0.2, 0.25) is 0 Å². The molecule has 1 aliphatic heterocycles. The molecule has 2 aromatic carbocycles. The largest absolute Gasteiger partial charge is 0.497 e. The number of aldehydes is 1. The summed E-state index contributed by atoms with van der Waals surface area (Å²) in [7, 11) is 2.83. The van der Waals surface area contributed by atoms with Crippen molar-refractivity contribution < 1.29 is 23.5 Å². The first kappa shape index (κ1) is 18.4. The van der Waals surface area contributed by atoms with E-state index in [1.54, 1.807) is 37.4 Å². The van der Waals surface area contributed by atoms with E-state index < -0.39 is 5.97 Å². The average Bonchev–Trinajstić information content (AvgIpc) is 2.76. The van der Waals surface area contributed by atoms with Crippen LogP contribution in [0.25, 0.3) is 33.4 Å². The number of esters is 1. The van der Waals surface area contributed by atoms with E-state index in [2.05, 4.69) is 0 Å². The molecule has 0 radical (unpaired) electrons. The summed E-state index contributed by atoms with van der Waals surface area (Å²) in [5.74, 6) is 0.401. The number of ether oxygens (including phenoxy) is 2. The van der Waals surface area contributed by atoms with Gasteiger partial charge in [-0.15, -0.1) is 0 Å². The van der Waals surface area contributed by atoms with Crippen LogP contribution in [-0.2, 0) is 4.74 Å². The highest BCUT2D eigenvalue weighted by Crippen LogP contribution is 2.42. The molecule has 2 aliphatic rings. The first-order chi connectivity index (χ1) is 14.0. The number of methoxy groups -OCH3 is 2. The summed E-state index contributed by atoms with van der Waals surface area (Å²) in [5.41, 5.74) is 2.82. The number of hydrogen-bond donors (Lipinski definition) is 0. The van der Waals surface area contributed by atoms with Gasteiger partial charge in [-0.2, -0.15) is 0 Å². The summed E-state index contributed by atoms with van der Waals surface area (Å²) in [6.07, 6.45) is 0.668. The zero-order valence-corrected chi connectivity index (χ0v) is 15.7. The molecule has 0 saturated carbocycles. The van der Waals surface area contributed by atoms with Crippen LogP contribution >= 0.6 is 0 Å². The average molecular weight is 388 g/mol. The Morgan fingerprint density at radius 3 is 2.48 bits per heavy atom. The quantitative estimate of drug-likeness (QED) is 0.296. The molecule has 0 amide bonds. The van der Waals surface area contributed by atoms with E-state index in [1.165, 1.54) is 25.3 Å². The van der Waals surface area contributed by atoms with Crippen molar-refractivity contribution in [3.8, 4) is 28.2 Å². The Balaban J connectivity index is 2.16. The van der Waals surface area contributed by atoms with Gasteiger partial charge in [0.15, 0.2) is 5.43 Å². The zero-order valence-electron chi connectivity index (χ0n) is 15.7. The summed E-state index contributed by atoms with van der Waals surface area (Å²) < 4.78 is 16.2. The Kier molecular flexibility index (Phi) is 4.60. The monoisotopic (exact) mass is 388 g/mol. The molecule has 1 aliphatic carbocycles. The first-order valence-electron chi connectivity index (χ1n) is 8.78. The number of fused-ring (bicyclic) bond motifs is 2. The van der Waals surface area contributed by atoms with Gasteiger partial charge in [0.25, 0.3) is 0 Å². The second kappa shape index (κ2) is 7.24. The van der Waals surface area contributed by atoms with Crippen LogP contribution in [0, 0.1) is 0 Å². The van der Waals surface area contributed by atoms with E-state index in [1.807, 2.05) is 6.07 Å². The smallest absolute Gasteiger partial charge is 0.338 e. The topological polar surface area (TPSA) is 82.8 Å². The molecule has 2 aromatic rings. The second-order valence-electron chi connectivity index (χ2n) is 6.41. The highest BCUT2D eigenvalue weighted by atomic mass is 16.5. The van der Waals surface area contributed by atoms with Gasteiger partial charge in [0.05, 0.1) is 19.8 Å². The van der Waals surface area contributed by atoms with Crippen molar-refractivity contribution in [3.05, 3.63) is 75.9 Å². The number of rotatable bonds is 4. The normalized spacial score (nSPS) is 10.8. The van der Waals surface area contributed by atoms with Crippen molar-refractivity contribution in [2.45, 2.75) is 0 Å². The Hall–Kier alpha value is -3.93. The third kappa shape index (κ3) is 3.14. The molecule has 0 saturated heterocycles. The van der Waals surface area contributed by atoms with E-state index in [9.17, 15) is 14.4 Å². The van der Waals surface area contributed by atoms with Crippen molar-refractivity contribution in [3.63, 3.8) is 0 Å². The van der Waals surface area contributed by atoms with Crippen LogP contribution in [0.5, 0.6) is 5.75 Å². The van der Waals surface area contributed by atoms with Crippen LogP contribution in [0.1, 0.15) is 20.7 Å². The minimum atomic E-state index is -0.570. The van der Waals surface area contributed by atoms with E-state index in [-0.39, 0.29) is 11.0 Å². The summed E-state index contributed by atoms with van der Waals surface area (Å²) in [5, 5.41) is 0.723. The molecule has 0 unspecified atom stereocenters. The molecule has 6 heteroatoms. The molecule has 29 heavy (non-hydrogen) atoms. The molecule has 0 fully saturated rings. The molecular formula is C23H16O6. The zero-order chi connectivity index (χ0) is 20.5. The van der Waals surface area contributed by atoms with Gasteiger partial charge in [-0.1, -0.05) is 12.1 Å². The van der Waals surface area contributed by atoms with Crippen LogP contribution in [0.15, 0.2) is 63.8 Å². The van der Waals surface area contributed by atoms with E-state index >= 15 is 0 Å². The molecule has 4 rings (SSSR count). The van der Waals surface area contributed by atoms with Crippen molar-refractivity contribution >= 4 is 23.2 Å². The predicted molar refractivity (Wildman–Crippen MR) is 108 cm³/mol. The highest BCUT2D eigenvalue weighted by molar-refractivity contribution is 6.08. The maximum atomic E-state index is 12.5. The lowest BCUT2D eigenvalue weighted by Gasteiger charge is -2.17. The lowest BCUT2D eigenvalue weighted by atomic mass is 9.90. The van der Waals surface area contributed by atoms with Gasteiger partial charge in [-0.25, -0.2) is 4.79 Å². The summed E-state index contributed by atoms with van der Waals surface area (Å²) in [4.78, 5) is 35.6. The van der Waals surface area contributed by atoms with Crippen LogP contribution < -0.4 is 10.2 Å². The van der Waals surface area contributed by atoms with Crippen molar-refractivity contribution in [2.24, 2.45) is 0 Å². The fourth-order valence-electron chi connectivity index (χ4n) is 3.40. The molecule has 144 valence electrons. The predicted octanol–water partition coefficient (Wildman–Crippen LogP) is 4.17. The maximum absolute atomic E-state index is 12.5. The summed E-state index contributed by atoms with van der Waals surface area (Å²) in [6, 6.07) is 14.6. The minimum absolute atomic E-state index is 0.195. The maximum Gasteiger partial charge on any atom is 0.338 e. The molecular weight excluding hydrogens is 372 g/mol. The number of benzene rings is 3. The fraction of sp³-hybridized carbons (Fsp3) is 0.0870. The second-order valence-corrected chi connectivity index (χ2v) is 6.41. The number of hydrogen-bond acceptors (Lipinski definition) is 6. The van der Waals surface area contributed by atoms with Crippen LogP contribution in [0.3, 0.4) is 0 Å². The van der Waals surface area contributed by atoms with Crippen molar-refractivity contribution in [1.82, 2.24) is 0 Å². The highest BCUT2D eigenvalue weighted by Gasteiger charge is 2.22. The van der Waals surface area contributed by atoms with Gasteiger partial charge < -0.3 is 13.9 Å². The fourth-order valence-corrected chi connectivity index (χ4v) is 3.40. The lowest BCUT2D eigenvalue weighted by Crippen LogP contribution is -2.06. The SMILES string of the molecule is COC(=O)c1cc(C=O)ccc1-c1c2ccc(=O)cc-2oc2cc(OC)ccc12. The molecule has 6 nitrogen and oxygen atoms in total. The molecule has 1 heterocycles. The third-order valence-electron chi connectivity index (χ3n) is 4.75. The van der Waals surface area contributed by atoms with E-state index in [0.717, 1.165) is 5.39 Å². The Morgan fingerprint density at radius 1 is 0.966 bits per heavy atom. The Morgan fingerprint density at radius 2 is 1.76 bits per heavy atom. The lowest BCUT2D eigenvalue weighted by molar-refractivity contribution is 0.0601. The van der Waals surface area contributed by atoms with Crippen LogP contribution in [0.4, 0.5) is 0 Å². The van der Waals surface area contributed by atoms with Gasteiger partial charge in [0, 0.05) is 34.2 Å². The molecule has 0 aromatic heterocycles. The van der Waals surface area contributed by atoms with Crippen LogP contribution in [-0.4, -0.2) is 26.5 Å². The van der Waals surface area contributed by atoms with Crippen molar-refractivity contribution in [2.75, 3.05) is 14.2 Å². The summed E-state index contributed by atoms with van der Waals surface area (Å²) in [6.45, 7) is 0. The van der Waals surface area contributed by atoms with Gasteiger partial charge in [0.1, 0.15) is 23.4 Å². The molecule has 0 atom stereocenters. The van der Waals surface area contributed by atoms with E-state index in [4.69, 9.17) is 13.9 Å². The Labute approximate surface area is 165 Å². The first-order valence-corrected chi connectivity index (χ1v) is 8.78. The van der Waals surface area contributed by atoms with Crippen LogP contribution in [0.2, 0.25) is 0 Å². The number of carbonyl (C=O) groups excluding carboxylic acids is 2. The van der Waals surface area contributed by atoms with Gasteiger partial charge in [-0.3, -0.25) is 9.59 Å². The molecule has 0 N–H and O–H groups in total. The minimum Gasteiger partial charge on any atom is -0.497 e.